The van der Waals surface area contributed by atoms with E-state index in [0.717, 1.165) is 5.56 Å². The van der Waals surface area contributed by atoms with Crippen LogP contribution < -0.4 is 5.32 Å². The van der Waals surface area contributed by atoms with Gasteiger partial charge >= 0.3 is 5.97 Å². The van der Waals surface area contributed by atoms with Crippen molar-refractivity contribution in [1.82, 2.24) is 0 Å². The molecule has 0 saturated carbocycles. The highest BCUT2D eigenvalue weighted by atomic mass is 16.6. The maximum atomic E-state index is 11.2. The highest BCUT2D eigenvalue weighted by molar-refractivity contribution is 6.02. The van der Waals surface area contributed by atoms with E-state index in [-0.39, 0.29) is 11.4 Å². The molecule has 0 aromatic heterocycles. The quantitative estimate of drug-likeness (QED) is 0.467. The molecule has 90 valence electrons. The Kier molecular flexibility index (Phi) is 3.76. The number of carboxylic acids is 1. The van der Waals surface area contributed by atoms with Gasteiger partial charge in [-0.1, -0.05) is 6.07 Å². The third kappa shape index (κ3) is 3.56. The van der Waals surface area contributed by atoms with Crippen molar-refractivity contribution in [2.24, 2.45) is 0 Å². The van der Waals surface area contributed by atoms with E-state index in [1.54, 1.807) is 6.92 Å². The number of nitrogens with zero attached hydrogens (tertiary/aromatic N) is 1. The number of rotatable bonds is 4. The predicted molar refractivity (Wildman–Crippen MR) is 58.7 cm³/mol. The lowest BCUT2D eigenvalue weighted by atomic mass is 10.2. The fourth-order valence-electron chi connectivity index (χ4n) is 1.24. The van der Waals surface area contributed by atoms with E-state index in [0.29, 0.717) is 0 Å². The molecule has 0 aliphatic carbocycles. The minimum Gasteiger partial charge on any atom is -0.481 e. The summed E-state index contributed by atoms with van der Waals surface area (Å²) in [5, 5.41) is 21.3. The Morgan fingerprint density at radius 2 is 2.12 bits per heavy atom. The Morgan fingerprint density at radius 1 is 1.47 bits per heavy atom. The summed E-state index contributed by atoms with van der Waals surface area (Å²) in [6, 6.07) is 4.20. The fraction of sp³-hybridized carbons (Fsp3) is 0.200. The van der Waals surface area contributed by atoms with Crippen molar-refractivity contribution in [1.29, 1.82) is 0 Å². The summed E-state index contributed by atoms with van der Waals surface area (Å²) in [5.41, 5.74) is 0.455. The van der Waals surface area contributed by atoms with Crippen molar-refractivity contribution in [3.8, 4) is 0 Å². The monoisotopic (exact) mass is 238 g/mol. The molecule has 2 N–H and O–H groups in total. The molecular formula is C10H10N2O5. The number of nitro benzene ring substituents is 1. The number of aliphatic carboxylic acids is 1. The van der Waals surface area contributed by atoms with E-state index in [2.05, 4.69) is 5.32 Å². The first-order chi connectivity index (χ1) is 7.90. The average molecular weight is 238 g/mol. The molecule has 7 nitrogen and oxygen atoms in total. The highest BCUT2D eigenvalue weighted by Gasteiger charge is 2.16. The Bertz CT molecular complexity index is 484. The van der Waals surface area contributed by atoms with Gasteiger partial charge in [0.2, 0.25) is 5.91 Å². The molecule has 0 fully saturated rings. The van der Waals surface area contributed by atoms with Crippen molar-refractivity contribution in [2.75, 3.05) is 5.32 Å². The van der Waals surface area contributed by atoms with Gasteiger partial charge in [-0.25, -0.2) is 0 Å². The molecule has 17 heavy (non-hydrogen) atoms. The molecule has 1 aromatic carbocycles. The topological polar surface area (TPSA) is 110 Å². The van der Waals surface area contributed by atoms with Crippen LogP contribution in [-0.2, 0) is 9.59 Å². The molecule has 0 heterocycles. The van der Waals surface area contributed by atoms with Crippen LogP contribution in [0.3, 0.4) is 0 Å². The molecule has 1 aromatic rings. The van der Waals surface area contributed by atoms with Crippen LogP contribution in [0.15, 0.2) is 18.2 Å². The smallest absolute Gasteiger partial charge is 0.312 e. The molecule has 0 aliphatic rings. The first-order valence-electron chi connectivity index (χ1n) is 4.67. The highest BCUT2D eigenvalue weighted by Crippen LogP contribution is 2.25. The second-order valence-corrected chi connectivity index (χ2v) is 3.40. The molecule has 0 aliphatic heterocycles. The van der Waals surface area contributed by atoms with E-state index in [9.17, 15) is 19.7 Å². The van der Waals surface area contributed by atoms with E-state index < -0.39 is 23.2 Å². The van der Waals surface area contributed by atoms with Gasteiger partial charge in [0.05, 0.1) is 4.92 Å². The van der Waals surface area contributed by atoms with E-state index in [4.69, 9.17) is 5.11 Å². The van der Waals surface area contributed by atoms with E-state index >= 15 is 0 Å². The number of nitro groups is 1. The van der Waals surface area contributed by atoms with Crippen molar-refractivity contribution in [2.45, 2.75) is 13.3 Å². The zero-order valence-corrected chi connectivity index (χ0v) is 8.97. The van der Waals surface area contributed by atoms with Gasteiger partial charge in [0.1, 0.15) is 12.1 Å². The largest absolute Gasteiger partial charge is 0.481 e. The van der Waals surface area contributed by atoms with Crippen LogP contribution in [0.25, 0.3) is 0 Å². The molecular weight excluding hydrogens is 228 g/mol. The molecule has 0 bridgehead atoms. The molecule has 0 atom stereocenters. The van der Waals surface area contributed by atoms with E-state index in [1.807, 2.05) is 0 Å². The van der Waals surface area contributed by atoms with Crippen LogP contribution >= 0.6 is 0 Å². The predicted octanol–water partition coefficient (Wildman–Crippen LogP) is 1.32. The Hall–Kier alpha value is -2.44. The first kappa shape index (κ1) is 12.6. The lowest BCUT2D eigenvalue weighted by Crippen LogP contribution is -2.16. The maximum Gasteiger partial charge on any atom is 0.312 e. The van der Waals surface area contributed by atoms with Crippen LogP contribution in [0.4, 0.5) is 11.4 Å². The first-order valence-corrected chi connectivity index (χ1v) is 4.67. The number of hydrogen-bond acceptors (Lipinski definition) is 4. The maximum absolute atomic E-state index is 11.2. The van der Waals surface area contributed by atoms with Gasteiger partial charge in [-0.15, -0.1) is 0 Å². The molecule has 1 amide bonds. The van der Waals surface area contributed by atoms with Crippen molar-refractivity contribution < 1.29 is 19.6 Å². The number of carbonyl (C=O) groups excluding carboxylic acids is 1. The van der Waals surface area contributed by atoms with Crippen molar-refractivity contribution in [3.63, 3.8) is 0 Å². The van der Waals surface area contributed by atoms with Crippen LogP contribution in [-0.4, -0.2) is 21.9 Å². The van der Waals surface area contributed by atoms with Gasteiger partial charge in [0.25, 0.3) is 5.69 Å². The third-order valence-corrected chi connectivity index (χ3v) is 1.93. The van der Waals surface area contributed by atoms with E-state index in [1.165, 1.54) is 18.2 Å². The summed E-state index contributed by atoms with van der Waals surface area (Å²) < 4.78 is 0. The minimum absolute atomic E-state index is 0.00116. The molecule has 0 radical (unpaired) electrons. The van der Waals surface area contributed by atoms with Crippen LogP contribution in [0.2, 0.25) is 0 Å². The van der Waals surface area contributed by atoms with Crippen molar-refractivity contribution in [3.05, 3.63) is 33.9 Å². The number of benzene rings is 1. The Morgan fingerprint density at radius 3 is 2.65 bits per heavy atom. The molecule has 0 unspecified atom stereocenters. The summed E-state index contributed by atoms with van der Waals surface area (Å²) in [5.74, 6) is -2.09. The number of carboxylic acid groups (broad SMARTS) is 1. The summed E-state index contributed by atoms with van der Waals surface area (Å²) in [4.78, 5) is 31.5. The van der Waals surface area contributed by atoms with Gasteiger partial charge in [-0.2, -0.15) is 0 Å². The Labute approximate surface area is 96.2 Å². The second-order valence-electron chi connectivity index (χ2n) is 3.40. The summed E-state index contributed by atoms with van der Waals surface area (Å²) >= 11 is 0. The fourth-order valence-corrected chi connectivity index (χ4v) is 1.24. The standard InChI is InChI=1S/C10H10N2O5/c1-6-2-3-8(12(16)17)7(4-6)11-9(13)5-10(14)15/h2-4H,5H2,1H3,(H,11,13)(H,14,15). The summed E-state index contributed by atoms with van der Waals surface area (Å²) in [6.45, 7) is 1.70. The van der Waals surface area contributed by atoms with Gasteiger partial charge in [-0.05, 0) is 18.6 Å². The number of anilines is 1. The SMILES string of the molecule is Cc1ccc([N+](=O)[O-])c(NC(=O)CC(=O)O)c1. The zero-order chi connectivity index (χ0) is 13.0. The van der Waals surface area contributed by atoms with Gasteiger partial charge in [-0.3, -0.25) is 19.7 Å². The van der Waals surface area contributed by atoms with Crippen LogP contribution in [0.1, 0.15) is 12.0 Å². The van der Waals surface area contributed by atoms with Gasteiger partial charge in [0.15, 0.2) is 0 Å². The van der Waals surface area contributed by atoms with Gasteiger partial charge in [0, 0.05) is 6.07 Å². The van der Waals surface area contributed by atoms with Crippen LogP contribution in [0, 0.1) is 17.0 Å². The van der Waals surface area contributed by atoms with Gasteiger partial charge < -0.3 is 10.4 Å². The lowest BCUT2D eigenvalue weighted by Gasteiger charge is -2.05. The van der Waals surface area contributed by atoms with Crippen molar-refractivity contribution >= 4 is 23.3 Å². The number of hydrogen-bond donors (Lipinski definition) is 2. The summed E-state index contributed by atoms with van der Waals surface area (Å²) in [6.07, 6.45) is -0.731. The molecule has 7 heteroatoms. The zero-order valence-electron chi connectivity index (χ0n) is 8.97. The summed E-state index contributed by atoms with van der Waals surface area (Å²) in [7, 11) is 0. The average Bonchev–Trinajstić information content (AvgIpc) is 2.15. The van der Waals surface area contributed by atoms with Crippen LogP contribution in [0.5, 0.6) is 0 Å². The normalized spacial score (nSPS) is 9.71. The Balaban J connectivity index is 2.96. The lowest BCUT2D eigenvalue weighted by molar-refractivity contribution is -0.383. The molecule has 0 spiro atoms. The molecule has 0 saturated heterocycles. The number of nitrogens with one attached hydrogen (secondary N) is 1. The number of amides is 1. The molecule has 1 rings (SSSR count). The minimum atomic E-state index is -1.29. The third-order valence-electron chi connectivity index (χ3n) is 1.93. The number of aryl methyl sites for hydroxylation is 1. The second kappa shape index (κ2) is 5.06. The number of carbonyl (C=O) groups is 2.